The van der Waals surface area contributed by atoms with E-state index in [1.165, 1.54) is 0 Å². The lowest BCUT2D eigenvalue weighted by molar-refractivity contribution is 0.0539. The van der Waals surface area contributed by atoms with Crippen LogP contribution in [0.4, 0.5) is 4.79 Å². The molecule has 4 N–H and O–H groups in total. The van der Waals surface area contributed by atoms with Crippen LogP contribution < -0.4 is 16.4 Å². The lowest BCUT2D eigenvalue weighted by Crippen LogP contribution is -2.54. The molecule has 0 aromatic carbocycles. The average molecular weight is 229 g/mol. The molecule has 0 aliphatic carbocycles. The van der Waals surface area contributed by atoms with E-state index in [0.29, 0.717) is 19.8 Å². The Balaban J connectivity index is 2.14. The summed E-state index contributed by atoms with van der Waals surface area (Å²) in [5, 5.41) is 5.62. The Morgan fingerprint density at radius 3 is 2.69 bits per heavy atom. The first-order chi connectivity index (χ1) is 7.66. The summed E-state index contributed by atoms with van der Waals surface area (Å²) in [6.07, 6.45) is 3.71. The molecule has 0 saturated carbocycles. The van der Waals surface area contributed by atoms with Crippen molar-refractivity contribution in [3.05, 3.63) is 0 Å². The number of carbonyl (C=O) groups is 1. The van der Waals surface area contributed by atoms with Crippen LogP contribution in [-0.4, -0.2) is 37.9 Å². The van der Waals surface area contributed by atoms with Crippen LogP contribution in [0.5, 0.6) is 0 Å². The molecule has 0 atom stereocenters. The topological polar surface area (TPSA) is 76.4 Å². The van der Waals surface area contributed by atoms with E-state index in [1.54, 1.807) is 0 Å². The summed E-state index contributed by atoms with van der Waals surface area (Å²) in [5.74, 6) is 0. The Morgan fingerprint density at radius 1 is 1.38 bits per heavy atom. The summed E-state index contributed by atoms with van der Waals surface area (Å²) in [7, 11) is 0. The molecule has 5 nitrogen and oxygen atoms in total. The van der Waals surface area contributed by atoms with Gasteiger partial charge in [0.2, 0.25) is 0 Å². The lowest BCUT2D eigenvalue weighted by atomic mass is 9.91. The molecule has 94 valence electrons. The smallest absolute Gasteiger partial charge is 0.314 e. The molecule has 16 heavy (non-hydrogen) atoms. The molecule has 1 aliphatic rings. The standard InChI is InChI=1S/C11H23N3O2/c1-2-3-6-13-10(15)14-9-11(12)4-7-16-8-5-11/h2-9,12H2,1H3,(H2,13,14,15). The van der Waals surface area contributed by atoms with Gasteiger partial charge in [-0.05, 0) is 19.3 Å². The van der Waals surface area contributed by atoms with Gasteiger partial charge in [-0.15, -0.1) is 0 Å². The Hall–Kier alpha value is -0.810. The van der Waals surface area contributed by atoms with Crippen LogP contribution >= 0.6 is 0 Å². The van der Waals surface area contributed by atoms with Gasteiger partial charge in [0, 0.05) is 31.8 Å². The van der Waals surface area contributed by atoms with Crippen LogP contribution in [0.3, 0.4) is 0 Å². The highest BCUT2D eigenvalue weighted by Crippen LogP contribution is 2.16. The maximum atomic E-state index is 11.4. The number of hydrogen-bond donors (Lipinski definition) is 3. The van der Waals surface area contributed by atoms with Crippen molar-refractivity contribution in [1.82, 2.24) is 10.6 Å². The monoisotopic (exact) mass is 229 g/mol. The fourth-order valence-electron chi connectivity index (χ4n) is 1.65. The predicted molar refractivity (Wildman–Crippen MR) is 63.3 cm³/mol. The molecular formula is C11H23N3O2. The number of rotatable bonds is 5. The number of unbranched alkanes of at least 4 members (excludes halogenated alkanes) is 1. The third kappa shape index (κ3) is 4.81. The first-order valence-electron chi connectivity index (χ1n) is 6.05. The third-order valence-corrected chi connectivity index (χ3v) is 2.91. The Kier molecular flexibility index (Phi) is 5.55. The second-order valence-corrected chi connectivity index (χ2v) is 4.44. The van der Waals surface area contributed by atoms with Crippen molar-refractivity contribution in [2.24, 2.45) is 5.73 Å². The summed E-state index contributed by atoms with van der Waals surface area (Å²) in [4.78, 5) is 11.4. The Bertz CT molecular complexity index is 215. The largest absolute Gasteiger partial charge is 0.381 e. The van der Waals surface area contributed by atoms with Crippen molar-refractivity contribution in [2.75, 3.05) is 26.3 Å². The van der Waals surface area contributed by atoms with Crippen molar-refractivity contribution in [3.63, 3.8) is 0 Å². The molecule has 2 amide bonds. The Morgan fingerprint density at radius 2 is 2.06 bits per heavy atom. The van der Waals surface area contributed by atoms with Gasteiger partial charge in [-0.1, -0.05) is 13.3 Å². The van der Waals surface area contributed by atoms with E-state index in [1.807, 2.05) is 0 Å². The molecule has 1 rings (SSSR count). The number of urea groups is 1. The van der Waals surface area contributed by atoms with Crippen LogP contribution in [0.25, 0.3) is 0 Å². The van der Waals surface area contributed by atoms with E-state index in [-0.39, 0.29) is 11.6 Å². The molecule has 0 radical (unpaired) electrons. The highest BCUT2D eigenvalue weighted by atomic mass is 16.5. The molecule has 1 fully saturated rings. The molecule has 0 bridgehead atoms. The van der Waals surface area contributed by atoms with E-state index >= 15 is 0 Å². The number of carbonyl (C=O) groups excluding carboxylic acids is 1. The van der Waals surface area contributed by atoms with Crippen LogP contribution in [0.1, 0.15) is 32.6 Å². The van der Waals surface area contributed by atoms with Crippen molar-refractivity contribution >= 4 is 6.03 Å². The molecule has 1 aliphatic heterocycles. The molecule has 0 unspecified atom stereocenters. The number of hydrogen-bond acceptors (Lipinski definition) is 3. The first-order valence-corrected chi connectivity index (χ1v) is 6.05. The minimum absolute atomic E-state index is 0.121. The van der Waals surface area contributed by atoms with Gasteiger partial charge in [0.05, 0.1) is 0 Å². The van der Waals surface area contributed by atoms with E-state index in [2.05, 4.69) is 17.6 Å². The first kappa shape index (κ1) is 13.3. The van der Waals surface area contributed by atoms with Crippen molar-refractivity contribution in [3.8, 4) is 0 Å². The molecule has 0 aromatic heterocycles. The number of nitrogens with two attached hydrogens (primary N) is 1. The molecule has 1 heterocycles. The fraction of sp³-hybridized carbons (Fsp3) is 0.909. The summed E-state index contributed by atoms with van der Waals surface area (Å²) < 4.78 is 5.24. The van der Waals surface area contributed by atoms with Gasteiger partial charge in [-0.2, -0.15) is 0 Å². The van der Waals surface area contributed by atoms with E-state index in [0.717, 1.165) is 32.2 Å². The molecule has 5 heteroatoms. The van der Waals surface area contributed by atoms with Gasteiger partial charge in [0.1, 0.15) is 0 Å². The van der Waals surface area contributed by atoms with Crippen molar-refractivity contribution < 1.29 is 9.53 Å². The van der Waals surface area contributed by atoms with Gasteiger partial charge < -0.3 is 21.1 Å². The fourth-order valence-corrected chi connectivity index (χ4v) is 1.65. The number of ether oxygens (including phenoxy) is 1. The molecule has 0 spiro atoms. The second kappa shape index (κ2) is 6.70. The highest BCUT2D eigenvalue weighted by molar-refractivity contribution is 5.73. The van der Waals surface area contributed by atoms with Gasteiger partial charge in [-0.3, -0.25) is 0 Å². The zero-order valence-corrected chi connectivity index (χ0v) is 10.1. The SMILES string of the molecule is CCCCNC(=O)NCC1(N)CCOCC1. The van der Waals surface area contributed by atoms with Crippen LogP contribution in [-0.2, 0) is 4.74 Å². The summed E-state index contributed by atoms with van der Waals surface area (Å²) in [5.41, 5.74) is 5.85. The number of nitrogens with one attached hydrogen (secondary N) is 2. The summed E-state index contributed by atoms with van der Waals surface area (Å²) in [6, 6.07) is -0.121. The third-order valence-electron chi connectivity index (χ3n) is 2.91. The average Bonchev–Trinajstić information content (AvgIpc) is 2.28. The zero-order chi connectivity index (χ0) is 11.9. The minimum Gasteiger partial charge on any atom is -0.381 e. The van der Waals surface area contributed by atoms with Gasteiger partial charge >= 0.3 is 6.03 Å². The molecular weight excluding hydrogens is 206 g/mol. The van der Waals surface area contributed by atoms with Crippen LogP contribution in [0.2, 0.25) is 0 Å². The van der Waals surface area contributed by atoms with Crippen LogP contribution in [0, 0.1) is 0 Å². The van der Waals surface area contributed by atoms with Gasteiger partial charge in [0.15, 0.2) is 0 Å². The predicted octanol–water partition coefficient (Wildman–Crippen LogP) is 0.594. The summed E-state index contributed by atoms with van der Waals surface area (Å²) in [6.45, 7) is 4.72. The van der Waals surface area contributed by atoms with Gasteiger partial charge in [-0.25, -0.2) is 4.79 Å². The van der Waals surface area contributed by atoms with E-state index < -0.39 is 0 Å². The quantitative estimate of drug-likeness (QED) is 0.604. The summed E-state index contributed by atoms with van der Waals surface area (Å²) >= 11 is 0. The molecule has 0 aromatic rings. The van der Waals surface area contributed by atoms with E-state index in [9.17, 15) is 4.79 Å². The normalized spacial score (nSPS) is 19.1. The minimum atomic E-state index is -0.291. The van der Waals surface area contributed by atoms with Crippen molar-refractivity contribution in [1.29, 1.82) is 0 Å². The molecule has 1 saturated heterocycles. The number of amides is 2. The van der Waals surface area contributed by atoms with Crippen LogP contribution in [0.15, 0.2) is 0 Å². The second-order valence-electron chi connectivity index (χ2n) is 4.44. The lowest BCUT2D eigenvalue weighted by Gasteiger charge is -2.33. The zero-order valence-electron chi connectivity index (χ0n) is 10.1. The highest BCUT2D eigenvalue weighted by Gasteiger charge is 2.28. The van der Waals surface area contributed by atoms with Crippen molar-refractivity contribution in [2.45, 2.75) is 38.1 Å². The van der Waals surface area contributed by atoms with Gasteiger partial charge in [0.25, 0.3) is 0 Å². The van der Waals surface area contributed by atoms with E-state index in [4.69, 9.17) is 10.5 Å². The maximum absolute atomic E-state index is 11.4. The Labute approximate surface area is 97.1 Å². The maximum Gasteiger partial charge on any atom is 0.314 e.